The van der Waals surface area contributed by atoms with Crippen molar-refractivity contribution in [2.75, 3.05) is 23.8 Å². The van der Waals surface area contributed by atoms with Crippen molar-refractivity contribution in [2.24, 2.45) is 0 Å². The Kier molecular flexibility index (Phi) is 9.33. The quantitative estimate of drug-likeness (QED) is 0.230. The first-order valence-corrected chi connectivity index (χ1v) is 11.8. The van der Waals surface area contributed by atoms with E-state index in [0.717, 1.165) is 17.8 Å². The number of carbonyl (C=O) groups is 2. The molecule has 0 fully saturated rings. The second kappa shape index (κ2) is 12.9. The van der Waals surface area contributed by atoms with Gasteiger partial charge in [-0.25, -0.2) is 0 Å². The Hall–Kier alpha value is -4.23. The number of anilines is 2. The summed E-state index contributed by atoms with van der Waals surface area (Å²) >= 11 is 1.30. The van der Waals surface area contributed by atoms with Crippen LogP contribution in [0.2, 0.25) is 0 Å². The van der Waals surface area contributed by atoms with Crippen molar-refractivity contribution in [3.63, 3.8) is 0 Å². The molecule has 35 heavy (non-hydrogen) atoms. The molecule has 0 aliphatic carbocycles. The van der Waals surface area contributed by atoms with Gasteiger partial charge in [-0.2, -0.15) is 5.26 Å². The van der Waals surface area contributed by atoms with Gasteiger partial charge in [-0.3, -0.25) is 14.9 Å². The average Bonchev–Trinajstić information content (AvgIpc) is 3.28. The molecule has 0 aliphatic rings. The molecule has 0 bridgehead atoms. The Balaban J connectivity index is 1.47. The van der Waals surface area contributed by atoms with Gasteiger partial charge in [-0.05, 0) is 54.5 Å². The van der Waals surface area contributed by atoms with Gasteiger partial charge in [0, 0.05) is 19.0 Å². The molecule has 1 heterocycles. The number of nitrogens with one attached hydrogen (secondary N) is 2. The number of hydrogen-bond acceptors (Lipinski definition) is 8. The lowest BCUT2D eigenvalue weighted by molar-refractivity contribution is -0.114. The van der Waals surface area contributed by atoms with E-state index in [2.05, 4.69) is 20.8 Å². The van der Waals surface area contributed by atoms with Crippen LogP contribution in [-0.4, -0.2) is 35.2 Å². The Bertz CT molecular complexity index is 1210. The molecule has 9 nitrogen and oxygen atoms in total. The average molecular weight is 492 g/mol. The molecule has 0 radical (unpaired) electrons. The molecule has 3 aromatic rings. The molecule has 0 unspecified atom stereocenters. The van der Waals surface area contributed by atoms with Crippen LogP contribution in [0.15, 0.2) is 54.1 Å². The fraction of sp³-hybridized carbons (Fsp3) is 0.240. The number of ether oxygens (including phenoxy) is 2. The van der Waals surface area contributed by atoms with Crippen molar-refractivity contribution < 1.29 is 19.1 Å². The Labute approximate surface area is 207 Å². The second-order valence-corrected chi connectivity index (χ2v) is 8.41. The molecule has 0 aliphatic heterocycles. The monoisotopic (exact) mass is 491 g/mol. The predicted octanol–water partition coefficient (Wildman–Crippen LogP) is 4.45. The molecule has 2 N–H and O–H groups in total. The van der Waals surface area contributed by atoms with Crippen LogP contribution in [-0.2, 0) is 16.0 Å². The van der Waals surface area contributed by atoms with Gasteiger partial charge in [-0.1, -0.05) is 30.4 Å². The van der Waals surface area contributed by atoms with Gasteiger partial charge in [0.1, 0.15) is 41.4 Å². The van der Waals surface area contributed by atoms with Gasteiger partial charge in [-0.15, -0.1) is 10.2 Å². The zero-order valence-electron chi connectivity index (χ0n) is 19.4. The fourth-order valence-corrected chi connectivity index (χ4v) is 3.75. The number of benzene rings is 2. The minimum Gasteiger partial charge on any atom is -0.490 e. The summed E-state index contributed by atoms with van der Waals surface area (Å²) in [6.45, 7) is 4.16. The molecule has 0 saturated carbocycles. The first-order chi connectivity index (χ1) is 17.0. The standard InChI is InChI=1S/C25H25N5O4S/c1-3-4-23-29-30-25(35-23)28-24(32)19(16-26)15-18-5-9-21(10-6-18)33-13-14-34-22-11-7-20(8-12-22)27-17(2)31/h5-12,15H,3-4,13-14H2,1-2H3,(H,27,31)(H,28,30,32). The van der Waals surface area contributed by atoms with E-state index in [0.29, 0.717) is 41.1 Å². The van der Waals surface area contributed by atoms with E-state index in [1.54, 1.807) is 48.5 Å². The fourth-order valence-electron chi connectivity index (χ4n) is 2.92. The molecule has 3 rings (SSSR count). The number of nitriles is 1. The highest BCUT2D eigenvalue weighted by Crippen LogP contribution is 2.19. The van der Waals surface area contributed by atoms with Gasteiger partial charge in [0.15, 0.2) is 0 Å². The summed E-state index contributed by atoms with van der Waals surface area (Å²) in [5, 5.41) is 23.9. The van der Waals surface area contributed by atoms with Crippen LogP contribution in [0, 0.1) is 11.3 Å². The number of hydrogen-bond donors (Lipinski definition) is 2. The third kappa shape index (κ3) is 8.24. The van der Waals surface area contributed by atoms with Gasteiger partial charge in [0.25, 0.3) is 5.91 Å². The van der Waals surface area contributed by atoms with E-state index < -0.39 is 5.91 Å². The molecular formula is C25H25N5O4S. The van der Waals surface area contributed by atoms with Gasteiger partial charge < -0.3 is 14.8 Å². The number of nitrogens with zero attached hydrogens (tertiary/aromatic N) is 3. The van der Waals surface area contributed by atoms with Crippen LogP contribution in [0.5, 0.6) is 11.5 Å². The van der Waals surface area contributed by atoms with E-state index in [1.165, 1.54) is 24.3 Å². The lowest BCUT2D eigenvalue weighted by Crippen LogP contribution is -2.13. The Morgan fingerprint density at radius 1 is 1.00 bits per heavy atom. The van der Waals surface area contributed by atoms with Gasteiger partial charge >= 0.3 is 0 Å². The summed E-state index contributed by atoms with van der Waals surface area (Å²) in [6, 6.07) is 16.0. The van der Waals surface area contributed by atoms with Crippen LogP contribution >= 0.6 is 11.3 Å². The van der Waals surface area contributed by atoms with Crippen molar-refractivity contribution in [3.8, 4) is 17.6 Å². The van der Waals surface area contributed by atoms with Crippen LogP contribution in [0.1, 0.15) is 30.8 Å². The van der Waals surface area contributed by atoms with Crippen LogP contribution < -0.4 is 20.1 Å². The van der Waals surface area contributed by atoms with Crippen molar-refractivity contribution in [2.45, 2.75) is 26.7 Å². The van der Waals surface area contributed by atoms with Gasteiger partial charge in [0.2, 0.25) is 11.0 Å². The highest BCUT2D eigenvalue weighted by Gasteiger charge is 2.12. The first kappa shape index (κ1) is 25.4. The Morgan fingerprint density at radius 2 is 1.63 bits per heavy atom. The topological polar surface area (TPSA) is 126 Å². The molecule has 0 atom stereocenters. The number of amides is 2. The maximum absolute atomic E-state index is 12.4. The maximum Gasteiger partial charge on any atom is 0.268 e. The summed E-state index contributed by atoms with van der Waals surface area (Å²) in [4.78, 5) is 23.5. The number of carbonyl (C=O) groups excluding carboxylic acids is 2. The number of aromatic nitrogens is 2. The van der Waals surface area contributed by atoms with E-state index >= 15 is 0 Å². The summed E-state index contributed by atoms with van der Waals surface area (Å²) in [7, 11) is 0. The number of aryl methyl sites for hydroxylation is 1. The highest BCUT2D eigenvalue weighted by molar-refractivity contribution is 7.15. The normalized spacial score (nSPS) is 10.8. The summed E-state index contributed by atoms with van der Waals surface area (Å²) in [6.07, 6.45) is 3.23. The smallest absolute Gasteiger partial charge is 0.268 e. The third-order valence-electron chi connectivity index (χ3n) is 4.50. The zero-order valence-corrected chi connectivity index (χ0v) is 20.2. The molecule has 1 aromatic heterocycles. The summed E-state index contributed by atoms with van der Waals surface area (Å²) in [5.41, 5.74) is 1.35. The van der Waals surface area contributed by atoms with Crippen LogP contribution in [0.4, 0.5) is 10.8 Å². The van der Waals surface area contributed by atoms with Gasteiger partial charge in [0.05, 0.1) is 0 Å². The predicted molar refractivity (Wildman–Crippen MR) is 134 cm³/mol. The lowest BCUT2D eigenvalue weighted by atomic mass is 10.1. The number of rotatable bonds is 11. The van der Waals surface area contributed by atoms with Crippen molar-refractivity contribution in [3.05, 3.63) is 64.7 Å². The van der Waals surface area contributed by atoms with E-state index in [-0.39, 0.29) is 11.5 Å². The minimum absolute atomic E-state index is 0.0381. The van der Waals surface area contributed by atoms with E-state index in [9.17, 15) is 14.9 Å². The lowest BCUT2D eigenvalue weighted by Gasteiger charge is -2.09. The van der Waals surface area contributed by atoms with E-state index in [4.69, 9.17) is 9.47 Å². The van der Waals surface area contributed by atoms with Crippen LogP contribution in [0.25, 0.3) is 6.08 Å². The largest absolute Gasteiger partial charge is 0.490 e. The molecule has 10 heteroatoms. The molecule has 180 valence electrons. The zero-order chi connectivity index (χ0) is 25.0. The first-order valence-electron chi connectivity index (χ1n) is 11.0. The van der Waals surface area contributed by atoms with Crippen molar-refractivity contribution in [1.82, 2.24) is 10.2 Å². The Morgan fingerprint density at radius 3 is 2.20 bits per heavy atom. The highest BCUT2D eigenvalue weighted by atomic mass is 32.1. The SMILES string of the molecule is CCCc1nnc(NC(=O)C(C#N)=Cc2ccc(OCCOc3ccc(NC(C)=O)cc3)cc2)s1. The maximum atomic E-state index is 12.4. The minimum atomic E-state index is -0.533. The van der Waals surface area contributed by atoms with Crippen LogP contribution in [0.3, 0.4) is 0 Å². The second-order valence-electron chi connectivity index (χ2n) is 7.35. The molecule has 0 spiro atoms. The van der Waals surface area contributed by atoms with Crippen molar-refractivity contribution in [1.29, 1.82) is 5.26 Å². The van der Waals surface area contributed by atoms with Crippen molar-refractivity contribution >= 4 is 40.0 Å². The summed E-state index contributed by atoms with van der Waals surface area (Å²) < 4.78 is 11.3. The molecule has 2 aromatic carbocycles. The third-order valence-corrected chi connectivity index (χ3v) is 5.40. The summed E-state index contributed by atoms with van der Waals surface area (Å²) in [5.74, 6) is 0.636. The van der Waals surface area contributed by atoms with E-state index in [1.807, 2.05) is 13.0 Å². The molecular weight excluding hydrogens is 466 g/mol. The molecule has 2 amide bonds. The molecule has 0 saturated heterocycles.